The number of carbonyl (C=O) groups is 1. The minimum Gasteiger partial charge on any atom is -0.444 e. The summed E-state index contributed by atoms with van der Waals surface area (Å²) in [6.45, 7) is 12.9. The molecule has 5 nitrogen and oxygen atoms in total. The van der Waals surface area contributed by atoms with Crippen molar-refractivity contribution in [2.75, 3.05) is 39.3 Å². The number of likely N-dealkylation sites (tertiary alicyclic amines) is 2. The van der Waals surface area contributed by atoms with Crippen LogP contribution in [0.3, 0.4) is 0 Å². The fourth-order valence-corrected chi connectivity index (χ4v) is 3.30. The molecule has 1 amide bonds. The van der Waals surface area contributed by atoms with Crippen LogP contribution < -0.4 is 5.32 Å². The van der Waals surface area contributed by atoms with Crippen molar-refractivity contribution in [1.82, 2.24) is 15.1 Å². The van der Waals surface area contributed by atoms with Crippen molar-refractivity contribution in [3.8, 4) is 0 Å². The molecule has 5 heteroatoms. The van der Waals surface area contributed by atoms with Gasteiger partial charge in [0.05, 0.1) is 0 Å². The van der Waals surface area contributed by atoms with Gasteiger partial charge in [0.25, 0.3) is 0 Å². The third-order valence-electron chi connectivity index (χ3n) is 4.46. The molecule has 0 bridgehead atoms. The first kappa shape index (κ1) is 17.5. The van der Waals surface area contributed by atoms with Gasteiger partial charge in [-0.3, -0.25) is 0 Å². The van der Waals surface area contributed by atoms with Gasteiger partial charge >= 0.3 is 6.09 Å². The van der Waals surface area contributed by atoms with Crippen molar-refractivity contribution in [3.63, 3.8) is 0 Å². The lowest BCUT2D eigenvalue weighted by molar-refractivity contribution is 0.0478. The Bertz CT molecular complexity index is 340. The Kier molecular flexibility index (Phi) is 6.50. The highest BCUT2D eigenvalue weighted by molar-refractivity contribution is 5.68. The molecule has 2 heterocycles. The highest BCUT2D eigenvalue weighted by atomic mass is 16.6. The van der Waals surface area contributed by atoms with E-state index in [4.69, 9.17) is 4.74 Å². The third-order valence-corrected chi connectivity index (χ3v) is 4.46. The van der Waals surface area contributed by atoms with E-state index in [1.165, 1.54) is 45.4 Å². The van der Waals surface area contributed by atoms with Crippen LogP contribution in [0.5, 0.6) is 0 Å². The van der Waals surface area contributed by atoms with Gasteiger partial charge in [0.2, 0.25) is 0 Å². The average Bonchev–Trinajstić information content (AvgIpc) is 2.92. The van der Waals surface area contributed by atoms with Crippen molar-refractivity contribution in [1.29, 1.82) is 0 Å². The van der Waals surface area contributed by atoms with Gasteiger partial charge in [-0.25, -0.2) is 4.79 Å². The van der Waals surface area contributed by atoms with E-state index < -0.39 is 5.60 Å². The van der Waals surface area contributed by atoms with Crippen molar-refractivity contribution in [2.45, 2.75) is 64.5 Å². The summed E-state index contributed by atoms with van der Waals surface area (Å²) < 4.78 is 5.32. The normalized spacial score (nSPS) is 22.0. The zero-order valence-corrected chi connectivity index (χ0v) is 14.6. The SMILES string of the molecule is CC(C)(C)OC(=O)NC1CCN(CCCN2CCCC2)CC1. The van der Waals surface area contributed by atoms with Gasteiger partial charge in [-0.1, -0.05) is 0 Å². The second-order valence-electron chi connectivity index (χ2n) is 7.66. The molecule has 0 aliphatic carbocycles. The van der Waals surface area contributed by atoms with Gasteiger partial charge in [0.15, 0.2) is 0 Å². The van der Waals surface area contributed by atoms with E-state index in [0.717, 1.165) is 25.9 Å². The molecule has 0 saturated carbocycles. The maximum absolute atomic E-state index is 11.8. The number of piperidine rings is 1. The smallest absolute Gasteiger partial charge is 0.407 e. The molecule has 0 spiro atoms. The van der Waals surface area contributed by atoms with Crippen molar-refractivity contribution >= 4 is 6.09 Å². The molecule has 2 rings (SSSR count). The van der Waals surface area contributed by atoms with Gasteiger partial charge in [0.1, 0.15) is 5.60 Å². The minimum atomic E-state index is -0.416. The predicted molar refractivity (Wildman–Crippen MR) is 89.1 cm³/mol. The van der Waals surface area contributed by atoms with Crippen LogP contribution in [0.1, 0.15) is 52.9 Å². The average molecular weight is 311 g/mol. The molecular formula is C17H33N3O2. The van der Waals surface area contributed by atoms with E-state index in [1.54, 1.807) is 0 Å². The molecule has 128 valence electrons. The fourth-order valence-electron chi connectivity index (χ4n) is 3.30. The van der Waals surface area contributed by atoms with E-state index in [2.05, 4.69) is 15.1 Å². The molecule has 1 N–H and O–H groups in total. The van der Waals surface area contributed by atoms with Crippen molar-refractivity contribution in [2.24, 2.45) is 0 Å². The first-order valence-electron chi connectivity index (χ1n) is 8.86. The van der Waals surface area contributed by atoms with Crippen LogP contribution in [-0.2, 0) is 4.74 Å². The van der Waals surface area contributed by atoms with Gasteiger partial charge < -0.3 is 19.9 Å². The number of nitrogens with one attached hydrogen (secondary N) is 1. The molecule has 0 atom stereocenters. The molecule has 0 unspecified atom stereocenters. The van der Waals surface area contributed by atoms with E-state index in [9.17, 15) is 4.79 Å². The molecule has 2 saturated heterocycles. The summed E-state index contributed by atoms with van der Waals surface area (Å²) in [5.41, 5.74) is -0.416. The molecule has 0 aromatic heterocycles. The molecule has 0 radical (unpaired) electrons. The van der Waals surface area contributed by atoms with Crippen LogP contribution in [0.4, 0.5) is 4.79 Å². The lowest BCUT2D eigenvalue weighted by Gasteiger charge is -2.33. The molecule has 22 heavy (non-hydrogen) atoms. The number of rotatable bonds is 5. The Labute approximate surface area is 135 Å². The Morgan fingerprint density at radius 3 is 2.14 bits per heavy atom. The molecule has 2 aliphatic rings. The van der Waals surface area contributed by atoms with E-state index in [-0.39, 0.29) is 12.1 Å². The number of alkyl carbamates (subject to hydrolysis) is 1. The lowest BCUT2D eigenvalue weighted by Crippen LogP contribution is -2.46. The first-order valence-corrected chi connectivity index (χ1v) is 8.86. The Hall–Kier alpha value is -0.810. The van der Waals surface area contributed by atoms with Crippen LogP contribution in [0, 0.1) is 0 Å². The second kappa shape index (κ2) is 8.16. The van der Waals surface area contributed by atoms with Crippen LogP contribution >= 0.6 is 0 Å². The zero-order chi connectivity index (χ0) is 16.0. The van der Waals surface area contributed by atoms with Gasteiger partial charge in [0, 0.05) is 19.1 Å². The first-order chi connectivity index (χ1) is 10.4. The molecular weight excluding hydrogens is 278 g/mol. The Morgan fingerprint density at radius 2 is 1.59 bits per heavy atom. The summed E-state index contributed by atoms with van der Waals surface area (Å²) in [7, 11) is 0. The van der Waals surface area contributed by atoms with Crippen LogP contribution in [0.2, 0.25) is 0 Å². The summed E-state index contributed by atoms with van der Waals surface area (Å²) in [6, 6.07) is 0.268. The van der Waals surface area contributed by atoms with Crippen molar-refractivity contribution < 1.29 is 9.53 Å². The van der Waals surface area contributed by atoms with E-state index in [1.807, 2.05) is 20.8 Å². The molecule has 2 aliphatic heterocycles. The van der Waals surface area contributed by atoms with Crippen molar-refractivity contribution in [3.05, 3.63) is 0 Å². The number of hydrogen-bond acceptors (Lipinski definition) is 4. The second-order valence-corrected chi connectivity index (χ2v) is 7.66. The maximum Gasteiger partial charge on any atom is 0.407 e. The van der Waals surface area contributed by atoms with Crippen LogP contribution in [-0.4, -0.2) is 66.8 Å². The summed E-state index contributed by atoms with van der Waals surface area (Å²) in [6.07, 6.45) is 5.81. The third kappa shape index (κ3) is 6.53. The van der Waals surface area contributed by atoms with E-state index >= 15 is 0 Å². The molecule has 0 aromatic carbocycles. The number of ether oxygens (including phenoxy) is 1. The highest BCUT2D eigenvalue weighted by Crippen LogP contribution is 2.13. The largest absolute Gasteiger partial charge is 0.444 e. The number of amides is 1. The van der Waals surface area contributed by atoms with Gasteiger partial charge in [-0.05, 0) is 79.1 Å². The Morgan fingerprint density at radius 1 is 1.05 bits per heavy atom. The Balaban J connectivity index is 1.56. The number of hydrogen-bond donors (Lipinski definition) is 1. The molecule has 2 fully saturated rings. The monoisotopic (exact) mass is 311 g/mol. The van der Waals surface area contributed by atoms with Gasteiger partial charge in [-0.2, -0.15) is 0 Å². The van der Waals surface area contributed by atoms with Crippen LogP contribution in [0.15, 0.2) is 0 Å². The van der Waals surface area contributed by atoms with E-state index in [0.29, 0.717) is 0 Å². The topological polar surface area (TPSA) is 44.8 Å². The van der Waals surface area contributed by atoms with Crippen LogP contribution in [0.25, 0.3) is 0 Å². The number of nitrogens with zero attached hydrogens (tertiary/aromatic N) is 2. The lowest BCUT2D eigenvalue weighted by atomic mass is 10.1. The maximum atomic E-state index is 11.8. The summed E-state index contributed by atoms with van der Waals surface area (Å²) in [4.78, 5) is 16.9. The highest BCUT2D eigenvalue weighted by Gasteiger charge is 2.23. The minimum absolute atomic E-state index is 0.268. The summed E-state index contributed by atoms with van der Waals surface area (Å²) in [5, 5.41) is 3.00. The summed E-state index contributed by atoms with van der Waals surface area (Å²) >= 11 is 0. The quantitative estimate of drug-likeness (QED) is 0.847. The molecule has 0 aromatic rings. The predicted octanol–water partition coefficient (Wildman–Crippen LogP) is 2.46. The fraction of sp³-hybridized carbons (Fsp3) is 0.941. The van der Waals surface area contributed by atoms with Gasteiger partial charge in [-0.15, -0.1) is 0 Å². The standard InChI is InChI=1S/C17H33N3O2/c1-17(2,3)22-16(21)18-15-7-13-20(14-8-15)12-6-11-19-9-4-5-10-19/h15H,4-14H2,1-3H3,(H,18,21). The summed E-state index contributed by atoms with van der Waals surface area (Å²) in [5.74, 6) is 0. The number of carbonyl (C=O) groups excluding carboxylic acids is 1. The zero-order valence-electron chi connectivity index (χ0n) is 14.6.